The molecule has 0 aliphatic carbocycles. The van der Waals surface area contributed by atoms with Crippen LogP contribution in [-0.2, 0) is 6.42 Å². The van der Waals surface area contributed by atoms with Gasteiger partial charge in [-0.3, -0.25) is 0 Å². The van der Waals surface area contributed by atoms with Crippen molar-refractivity contribution in [2.45, 2.75) is 45.1 Å². The Bertz CT molecular complexity index is 398. The standard InChI is InChI=1S/C13H20FN3O/c1-2-11-12(14)13(16-9-15-11)17-7-4-3-5-10(17)6-8-18/h9-10,18H,2-8H2,1H3. The summed E-state index contributed by atoms with van der Waals surface area (Å²) in [6, 6.07) is 0.192. The fourth-order valence-corrected chi connectivity index (χ4v) is 2.57. The molecule has 1 unspecified atom stereocenters. The smallest absolute Gasteiger partial charge is 0.187 e. The molecule has 100 valence electrons. The number of aryl methyl sites for hydroxylation is 1. The Morgan fingerprint density at radius 3 is 3.00 bits per heavy atom. The summed E-state index contributed by atoms with van der Waals surface area (Å²) in [4.78, 5) is 10.1. The number of aliphatic hydroxyl groups excluding tert-OH is 1. The molecule has 0 amide bonds. The first-order valence-electron chi connectivity index (χ1n) is 6.64. The molecular weight excluding hydrogens is 233 g/mol. The number of nitrogens with zero attached hydrogens (tertiary/aromatic N) is 3. The maximum Gasteiger partial charge on any atom is 0.187 e. The number of halogens is 1. The number of rotatable bonds is 4. The van der Waals surface area contributed by atoms with Gasteiger partial charge in [-0.2, -0.15) is 0 Å². The van der Waals surface area contributed by atoms with Gasteiger partial charge in [-0.25, -0.2) is 14.4 Å². The van der Waals surface area contributed by atoms with Crippen molar-refractivity contribution in [1.29, 1.82) is 0 Å². The fourth-order valence-electron chi connectivity index (χ4n) is 2.57. The monoisotopic (exact) mass is 253 g/mol. The molecule has 1 aliphatic rings. The first-order valence-corrected chi connectivity index (χ1v) is 6.64. The summed E-state index contributed by atoms with van der Waals surface area (Å²) < 4.78 is 14.2. The molecule has 0 saturated carbocycles. The number of hydrogen-bond acceptors (Lipinski definition) is 4. The molecule has 0 radical (unpaired) electrons. The lowest BCUT2D eigenvalue weighted by molar-refractivity contribution is 0.261. The fraction of sp³-hybridized carbons (Fsp3) is 0.692. The van der Waals surface area contributed by atoms with Gasteiger partial charge >= 0.3 is 0 Å². The van der Waals surface area contributed by atoms with Crippen molar-refractivity contribution in [3.8, 4) is 0 Å². The molecule has 1 aromatic rings. The minimum atomic E-state index is -0.301. The van der Waals surface area contributed by atoms with Crippen LogP contribution in [0.4, 0.5) is 10.2 Å². The number of hydrogen-bond donors (Lipinski definition) is 1. The van der Waals surface area contributed by atoms with Crippen molar-refractivity contribution >= 4 is 5.82 Å². The first-order chi connectivity index (χ1) is 8.77. The Hall–Kier alpha value is -1.23. The Labute approximate surface area is 107 Å². The first kappa shape index (κ1) is 13.2. The Morgan fingerprint density at radius 2 is 2.28 bits per heavy atom. The van der Waals surface area contributed by atoms with E-state index < -0.39 is 0 Å². The lowest BCUT2D eigenvalue weighted by Crippen LogP contribution is -2.41. The third kappa shape index (κ3) is 2.61. The van der Waals surface area contributed by atoms with Crippen LogP contribution in [0.2, 0.25) is 0 Å². The molecule has 1 aliphatic heterocycles. The zero-order valence-electron chi connectivity index (χ0n) is 10.8. The van der Waals surface area contributed by atoms with Crippen LogP contribution in [-0.4, -0.2) is 34.3 Å². The van der Waals surface area contributed by atoms with Gasteiger partial charge in [-0.15, -0.1) is 0 Å². The number of anilines is 1. The largest absolute Gasteiger partial charge is 0.396 e. The van der Waals surface area contributed by atoms with E-state index in [4.69, 9.17) is 5.11 Å². The normalized spacial score (nSPS) is 20.2. The van der Waals surface area contributed by atoms with Crippen LogP contribution in [0.1, 0.15) is 38.3 Å². The van der Waals surface area contributed by atoms with Gasteiger partial charge in [-0.05, 0) is 32.1 Å². The Balaban J connectivity index is 2.27. The van der Waals surface area contributed by atoms with E-state index in [0.717, 1.165) is 25.8 Å². The van der Waals surface area contributed by atoms with Crippen LogP contribution in [0.15, 0.2) is 6.33 Å². The highest BCUT2D eigenvalue weighted by Gasteiger charge is 2.26. The highest BCUT2D eigenvalue weighted by atomic mass is 19.1. The zero-order chi connectivity index (χ0) is 13.0. The second kappa shape index (κ2) is 6.09. The molecule has 1 saturated heterocycles. The summed E-state index contributed by atoms with van der Waals surface area (Å²) in [5.74, 6) is 0.102. The van der Waals surface area contributed by atoms with Gasteiger partial charge in [0.2, 0.25) is 0 Å². The summed E-state index contributed by atoms with van der Waals surface area (Å²) in [5.41, 5.74) is 0.466. The van der Waals surface area contributed by atoms with E-state index in [0.29, 0.717) is 24.4 Å². The van der Waals surface area contributed by atoms with Gasteiger partial charge in [0.15, 0.2) is 11.6 Å². The highest BCUT2D eigenvalue weighted by molar-refractivity contribution is 5.42. The van der Waals surface area contributed by atoms with E-state index in [1.54, 1.807) is 0 Å². The number of aliphatic hydroxyl groups is 1. The molecule has 2 heterocycles. The molecule has 5 heteroatoms. The summed E-state index contributed by atoms with van der Waals surface area (Å²) in [6.45, 7) is 2.83. The molecule has 1 fully saturated rings. The lowest BCUT2D eigenvalue weighted by atomic mass is 9.99. The quantitative estimate of drug-likeness (QED) is 0.890. The van der Waals surface area contributed by atoms with Gasteiger partial charge in [0.05, 0.1) is 5.69 Å². The third-order valence-electron chi connectivity index (χ3n) is 3.54. The minimum Gasteiger partial charge on any atom is -0.396 e. The Morgan fingerprint density at radius 1 is 1.44 bits per heavy atom. The summed E-state index contributed by atoms with van der Waals surface area (Å²) in [6.07, 6.45) is 5.85. The lowest BCUT2D eigenvalue weighted by Gasteiger charge is -2.36. The van der Waals surface area contributed by atoms with E-state index in [2.05, 4.69) is 9.97 Å². The zero-order valence-corrected chi connectivity index (χ0v) is 10.8. The van der Waals surface area contributed by atoms with Gasteiger partial charge in [0.1, 0.15) is 6.33 Å². The van der Waals surface area contributed by atoms with Crippen LogP contribution >= 0.6 is 0 Å². The molecule has 1 N–H and O–H groups in total. The number of aromatic nitrogens is 2. The molecular formula is C13H20FN3O. The molecule has 18 heavy (non-hydrogen) atoms. The Kier molecular flexibility index (Phi) is 4.47. The summed E-state index contributed by atoms with van der Waals surface area (Å²) in [7, 11) is 0. The maximum atomic E-state index is 14.2. The van der Waals surface area contributed by atoms with Crippen LogP contribution in [0.5, 0.6) is 0 Å². The second-order valence-electron chi connectivity index (χ2n) is 4.67. The van der Waals surface area contributed by atoms with Crippen molar-refractivity contribution in [3.05, 3.63) is 17.8 Å². The van der Waals surface area contributed by atoms with Gasteiger partial charge in [0, 0.05) is 19.2 Å². The van der Waals surface area contributed by atoms with Crippen molar-refractivity contribution in [1.82, 2.24) is 9.97 Å². The SMILES string of the molecule is CCc1ncnc(N2CCCCC2CCO)c1F. The topological polar surface area (TPSA) is 49.2 Å². The second-order valence-corrected chi connectivity index (χ2v) is 4.67. The van der Waals surface area contributed by atoms with E-state index in [9.17, 15) is 4.39 Å². The minimum absolute atomic E-state index is 0.133. The average Bonchev–Trinajstić information content (AvgIpc) is 2.40. The number of piperidine rings is 1. The van der Waals surface area contributed by atoms with E-state index in [1.165, 1.54) is 6.33 Å². The van der Waals surface area contributed by atoms with Crippen molar-refractivity contribution in [3.63, 3.8) is 0 Å². The maximum absolute atomic E-state index is 14.2. The molecule has 0 bridgehead atoms. The van der Waals surface area contributed by atoms with Crippen molar-refractivity contribution in [2.75, 3.05) is 18.1 Å². The van der Waals surface area contributed by atoms with Crippen molar-refractivity contribution in [2.24, 2.45) is 0 Å². The van der Waals surface area contributed by atoms with Gasteiger partial charge in [-0.1, -0.05) is 6.92 Å². The summed E-state index contributed by atoms with van der Waals surface area (Å²) in [5, 5.41) is 9.10. The molecule has 2 rings (SSSR count). The highest BCUT2D eigenvalue weighted by Crippen LogP contribution is 2.27. The van der Waals surface area contributed by atoms with Crippen LogP contribution in [0, 0.1) is 5.82 Å². The molecule has 1 atom stereocenters. The summed E-state index contributed by atoms with van der Waals surface area (Å²) >= 11 is 0. The predicted octanol–water partition coefficient (Wildman–Crippen LogP) is 1.92. The third-order valence-corrected chi connectivity index (χ3v) is 3.54. The predicted molar refractivity (Wildman–Crippen MR) is 68.1 cm³/mol. The van der Waals surface area contributed by atoms with Crippen LogP contribution in [0.25, 0.3) is 0 Å². The van der Waals surface area contributed by atoms with E-state index in [-0.39, 0.29) is 18.5 Å². The van der Waals surface area contributed by atoms with Gasteiger partial charge < -0.3 is 10.0 Å². The van der Waals surface area contributed by atoms with Gasteiger partial charge in [0.25, 0.3) is 0 Å². The molecule has 0 spiro atoms. The van der Waals surface area contributed by atoms with Crippen molar-refractivity contribution < 1.29 is 9.50 Å². The van der Waals surface area contributed by atoms with E-state index >= 15 is 0 Å². The molecule has 0 aromatic carbocycles. The van der Waals surface area contributed by atoms with Crippen LogP contribution < -0.4 is 4.90 Å². The molecule has 1 aromatic heterocycles. The van der Waals surface area contributed by atoms with E-state index in [1.807, 2.05) is 11.8 Å². The average molecular weight is 253 g/mol. The molecule has 4 nitrogen and oxygen atoms in total. The van der Waals surface area contributed by atoms with Crippen LogP contribution in [0.3, 0.4) is 0 Å².